The molecule has 4 heteroatoms. The Bertz CT molecular complexity index is 413. The fourth-order valence-electron chi connectivity index (χ4n) is 3.14. The highest BCUT2D eigenvalue weighted by Crippen LogP contribution is 2.27. The van der Waals surface area contributed by atoms with Gasteiger partial charge in [0.05, 0.1) is 13.2 Å². The molecular weight excluding hydrogens is 264 g/mol. The van der Waals surface area contributed by atoms with Crippen LogP contribution in [0.4, 0.5) is 0 Å². The lowest BCUT2D eigenvalue weighted by atomic mass is 9.98. The molecule has 21 heavy (non-hydrogen) atoms. The number of nitrogens with zero attached hydrogens (tertiary/aromatic N) is 1. The largest absolute Gasteiger partial charge is 0.497 e. The highest BCUT2D eigenvalue weighted by molar-refractivity contribution is 5.30. The Morgan fingerprint density at radius 3 is 2.57 bits per heavy atom. The average Bonchev–Trinajstić information content (AvgIpc) is 3.00. The molecule has 1 aliphatic rings. The number of methoxy groups -OCH3 is 1. The van der Waals surface area contributed by atoms with E-state index < -0.39 is 0 Å². The zero-order valence-electron chi connectivity index (χ0n) is 13.4. The van der Waals surface area contributed by atoms with Crippen LogP contribution in [0.5, 0.6) is 5.75 Å². The molecule has 118 valence electrons. The first-order chi connectivity index (χ1) is 10.2. The van der Waals surface area contributed by atoms with E-state index in [9.17, 15) is 0 Å². The second-order valence-electron chi connectivity index (χ2n) is 5.80. The molecule has 1 heterocycles. The number of hydrogen-bond acceptors (Lipinski definition) is 4. The van der Waals surface area contributed by atoms with Gasteiger partial charge in [-0.2, -0.15) is 0 Å². The average molecular weight is 292 g/mol. The summed E-state index contributed by atoms with van der Waals surface area (Å²) < 4.78 is 11.0. The van der Waals surface area contributed by atoms with Crippen LogP contribution in [-0.2, 0) is 4.74 Å². The Morgan fingerprint density at radius 1 is 1.38 bits per heavy atom. The molecule has 2 rings (SSSR count). The van der Waals surface area contributed by atoms with Crippen molar-refractivity contribution < 1.29 is 9.47 Å². The zero-order valence-corrected chi connectivity index (χ0v) is 13.4. The van der Waals surface area contributed by atoms with E-state index >= 15 is 0 Å². The van der Waals surface area contributed by atoms with Gasteiger partial charge in [-0.05, 0) is 44.0 Å². The van der Waals surface area contributed by atoms with Gasteiger partial charge in [-0.25, -0.2) is 0 Å². The number of ether oxygens (including phenoxy) is 2. The number of rotatable bonds is 7. The van der Waals surface area contributed by atoms with E-state index in [1.54, 1.807) is 7.11 Å². The fraction of sp³-hybridized carbons (Fsp3) is 0.647. The third-order valence-corrected chi connectivity index (χ3v) is 4.22. The standard InChI is InChI=1S/C17H28N2O2/c1-4-19(12-16-6-5-11-21-16)17(13(2)18)14-7-9-15(20-3)10-8-14/h7-10,13,16-17H,4-6,11-12,18H2,1-3H3. The molecule has 1 aromatic carbocycles. The van der Waals surface area contributed by atoms with Gasteiger partial charge in [0.2, 0.25) is 0 Å². The Balaban J connectivity index is 2.14. The van der Waals surface area contributed by atoms with Crippen molar-refractivity contribution in [1.29, 1.82) is 0 Å². The van der Waals surface area contributed by atoms with E-state index in [1.165, 1.54) is 12.0 Å². The van der Waals surface area contributed by atoms with Crippen LogP contribution in [0.15, 0.2) is 24.3 Å². The molecule has 0 aliphatic carbocycles. The van der Waals surface area contributed by atoms with Crippen molar-refractivity contribution in [2.75, 3.05) is 26.8 Å². The highest BCUT2D eigenvalue weighted by atomic mass is 16.5. The monoisotopic (exact) mass is 292 g/mol. The van der Waals surface area contributed by atoms with E-state index in [1.807, 2.05) is 12.1 Å². The molecule has 1 saturated heterocycles. The third-order valence-electron chi connectivity index (χ3n) is 4.22. The van der Waals surface area contributed by atoms with E-state index in [4.69, 9.17) is 15.2 Å². The van der Waals surface area contributed by atoms with E-state index in [2.05, 4.69) is 30.9 Å². The van der Waals surface area contributed by atoms with Gasteiger partial charge in [0.15, 0.2) is 0 Å². The second kappa shape index (κ2) is 7.78. The summed E-state index contributed by atoms with van der Waals surface area (Å²) in [6.07, 6.45) is 2.68. The number of likely N-dealkylation sites (N-methyl/N-ethyl adjacent to an activating group) is 1. The summed E-state index contributed by atoms with van der Waals surface area (Å²) in [4.78, 5) is 2.43. The van der Waals surface area contributed by atoms with Gasteiger partial charge in [0, 0.05) is 25.2 Å². The van der Waals surface area contributed by atoms with Crippen LogP contribution in [0.1, 0.15) is 38.3 Å². The first-order valence-corrected chi connectivity index (χ1v) is 7.91. The van der Waals surface area contributed by atoms with Gasteiger partial charge in [0.1, 0.15) is 5.75 Å². The SMILES string of the molecule is CCN(CC1CCCO1)C(c1ccc(OC)cc1)C(C)N. The van der Waals surface area contributed by atoms with Crippen LogP contribution in [0.3, 0.4) is 0 Å². The van der Waals surface area contributed by atoms with E-state index in [0.717, 1.165) is 31.9 Å². The fourth-order valence-corrected chi connectivity index (χ4v) is 3.14. The maximum Gasteiger partial charge on any atom is 0.118 e. The minimum absolute atomic E-state index is 0.0692. The first kappa shape index (κ1) is 16.3. The Hall–Kier alpha value is -1.10. The van der Waals surface area contributed by atoms with Crippen LogP contribution in [0.2, 0.25) is 0 Å². The molecule has 4 nitrogen and oxygen atoms in total. The number of benzene rings is 1. The maximum absolute atomic E-state index is 6.28. The molecule has 0 spiro atoms. The molecular formula is C17H28N2O2. The van der Waals surface area contributed by atoms with Gasteiger partial charge in [-0.1, -0.05) is 19.1 Å². The van der Waals surface area contributed by atoms with Crippen molar-refractivity contribution in [2.24, 2.45) is 5.73 Å². The summed E-state index contributed by atoms with van der Waals surface area (Å²) >= 11 is 0. The summed E-state index contributed by atoms with van der Waals surface area (Å²) in [5.41, 5.74) is 7.52. The minimum Gasteiger partial charge on any atom is -0.497 e. The van der Waals surface area contributed by atoms with E-state index in [0.29, 0.717) is 6.10 Å². The van der Waals surface area contributed by atoms with Gasteiger partial charge < -0.3 is 15.2 Å². The molecule has 1 aliphatic heterocycles. The van der Waals surface area contributed by atoms with Crippen molar-refractivity contribution in [1.82, 2.24) is 4.90 Å². The zero-order chi connectivity index (χ0) is 15.2. The Kier molecular flexibility index (Phi) is 6.03. The van der Waals surface area contributed by atoms with Crippen LogP contribution < -0.4 is 10.5 Å². The van der Waals surface area contributed by atoms with Crippen molar-refractivity contribution >= 4 is 0 Å². The van der Waals surface area contributed by atoms with Crippen molar-refractivity contribution in [3.63, 3.8) is 0 Å². The maximum atomic E-state index is 6.28. The van der Waals surface area contributed by atoms with Crippen molar-refractivity contribution in [3.05, 3.63) is 29.8 Å². The predicted octanol–water partition coefficient (Wildman–Crippen LogP) is 2.58. The molecule has 1 fully saturated rings. The third kappa shape index (κ3) is 4.19. The Morgan fingerprint density at radius 2 is 2.10 bits per heavy atom. The summed E-state index contributed by atoms with van der Waals surface area (Å²) in [7, 11) is 1.69. The molecule has 0 radical (unpaired) electrons. The molecule has 0 amide bonds. The molecule has 0 aromatic heterocycles. The van der Waals surface area contributed by atoms with Crippen LogP contribution >= 0.6 is 0 Å². The summed E-state index contributed by atoms with van der Waals surface area (Å²) in [6.45, 7) is 7.08. The van der Waals surface area contributed by atoms with Gasteiger partial charge in [0.25, 0.3) is 0 Å². The van der Waals surface area contributed by atoms with Crippen molar-refractivity contribution in [3.8, 4) is 5.75 Å². The normalized spacial score (nSPS) is 21.5. The smallest absolute Gasteiger partial charge is 0.118 e. The van der Waals surface area contributed by atoms with Crippen LogP contribution in [0.25, 0.3) is 0 Å². The number of nitrogens with two attached hydrogens (primary N) is 1. The topological polar surface area (TPSA) is 47.7 Å². The molecule has 3 atom stereocenters. The van der Waals surface area contributed by atoms with Gasteiger partial charge in [-0.3, -0.25) is 4.90 Å². The first-order valence-electron chi connectivity index (χ1n) is 7.91. The number of hydrogen-bond donors (Lipinski definition) is 1. The van der Waals surface area contributed by atoms with E-state index in [-0.39, 0.29) is 12.1 Å². The minimum atomic E-state index is 0.0692. The predicted molar refractivity (Wildman–Crippen MR) is 85.6 cm³/mol. The lowest BCUT2D eigenvalue weighted by Gasteiger charge is -2.35. The lowest BCUT2D eigenvalue weighted by molar-refractivity contribution is 0.0546. The van der Waals surface area contributed by atoms with Crippen LogP contribution in [0, 0.1) is 0 Å². The quantitative estimate of drug-likeness (QED) is 0.839. The second-order valence-corrected chi connectivity index (χ2v) is 5.80. The summed E-state index contributed by atoms with van der Waals surface area (Å²) in [5, 5.41) is 0. The summed E-state index contributed by atoms with van der Waals surface area (Å²) in [5.74, 6) is 0.879. The lowest BCUT2D eigenvalue weighted by Crippen LogP contribution is -2.42. The van der Waals surface area contributed by atoms with Gasteiger partial charge in [-0.15, -0.1) is 0 Å². The highest BCUT2D eigenvalue weighted by Gasteiger charge is 2.27. The van der Waals surface area contributed by atoms with Crippen LogP contribution in [-0.4, -0.2) is 43.9 Å². The Labute approximate surface area is 128 Å². The van der Waals surface area contributed by atoms with Gasteiger partial charge >= 0.3 is 0 Å². The molecule has 1 aromatic rings. The molecule has 2 N–H and O–H groups in total. The molecule has 0 saturated carbocycles. The summed E-state index contributed by atoms with van der Waals surface area (Å²) in [6, 6.07) is 8.52. The molecule has 0 bridgehead atoms. The molecule has 3 unspecified atom stereocenters. The van der Waals surface area contributed by atoms with Crippen molar-refractivity contribution in [2.45, 2.75) is 44.9 Å².